The second-order valence-electron chi connectivity index (χ2n) is 13.1. The third kappa shape index (κ3) is 6.53. The predicted octanol–water partition coefficient (Wildman–Crippen LogP) is 8.22. The van der Waals surface area contributed by atoms with Crippen molar-refractivity contribution in [2.45, 2.75) is 51.1 Å². The number of allylic oxidation sites excluding steroid dienone is 1. The Hall–Kier alpha value is -5.86. The van der Waals surface area contributed by atoms with Crippen LogP contribution in [0.25, 0.3) is 22.5 Å². The highest BCUT2D eigenvalue weighted by atomic mass is 16.5. The van der Waals surface area contributed by atoms with Crippen molar-refractivity contribution in [3.63, 3.8) is 0 Å². The third-order valence-electron chi connectivity index (χ3n) is 9.97. The summed E-state index contributed by atoms with van der Waals surface area (Å²) in [4.78, 5) is 14.7. The van der Waals surface area contributed by atoms with E-state index in [2.05, 4.69) is 97.1 Å². The van der Waals surface area contributed by atoms with E-state index in [-0.39, 0.29) is 12.0 Å². The van der Waals surface area contributed by atoms with E-state index in [0.29, 0.717) is 12.2 Å². The van der Waals surface area contributed by atoms with Crippen LogP contribution in [0.2, 0.25) is 0 Å². The van der Waals surface area contributed by atoms with Gasteiger partial charge in [-0.1, -0.05) is 160 Å². The Morgan fingerprint density at radius 2 is 1.31 bits per heavy atom. The molecule has 8 heteroatoms. The molecule has 8 nitrogen and oxygen atoms in total. The number of hydrogen-bond donors (Lipinski definition) is 1. The summed E-state index contributed by atoms with van der Waals surface area (Å²) in [7, 11) is 1.46. The van der Waals surface area contributed by atoms with Crippen LogP contribution >= 0.6 is 0 Å². The van der Waals surface area contributed by atoms with Crippen LogP contribution in [0.5, 0.6) is 0 Å². The molecule has 0 aliphatic carbocycles. The average molecular weight is 689 g/mol. The smallest absolute Gasteiger partial charge is 0.337 e. The van der Waals surface area contributed by atoms with Gasteiger partial charge in [-0.05, 0) is 57.9 Å². The second-order valence-corrected chi connectivity index (χ2v) is 13.1. The van der Waals surface area contributed by atoms with Crippen LogP contribution in [0, 0.1) is 0 Å². The van der Waals surface area contributed by atoms with Gasteiger partial charge in [0.2, 0.25) is 5.82 Å². The monoisotopic (exact) mass is 688 g/mol. The minimum absolute atomic E-state index is 0.106. The zero-order valence-electron chi connectivity index (χ0n) is 29.9. The minimum Gasteiger partial charge on any atom is -0.466 e. The van der Waals surface area contributed by atoms with Gasteiger partial charge in [-0.15, -0.1) is 15.0 Å². The van der Waals surface area contributed by atoms with Crippen LogP contribution in [0.15, 0.2) is 151 Å². The van der Waals surface area contributed by atoms with Crippen LogP contribution in [0.4, 0.5) is 0 Å². The van der Waals surface area contributed by atoms with Crippen molar-refractivity contribution in [1.82, 2.24) is 30.6 Å². The van der Waals surface area contributed by atoms with E-state index in [0.717, 1.165) is 76.0 Å². The highest BCUT2D eigenvalue weighted by molar-refractivity contribution is 5.91. The Morgan fingerprint density at radius 3 is 1.85 bits per heavy atom. The fourth-order valence-corrected chi connectivity index (χ4v) is 7.38. The summed E-state index contributed by atoms with van der Waals surface area (Å²) >= 11 is 0. The molecule has 0 saturated carbocycles. The Balaban J connectivity index is 1.25. The number of unbranched alkanes of at least 4 members (excludes halogenated alkanes) is 1. The number of nitrogens with one attached hydrogen (secondary N) is 1. The molecule has 1 aromatic heterocycles. The lowest BCUT2D eigenvalue weighted by atomic mass is 9.77. The van der Waals surface area contributed by atoms with Crippen molar-refractivity contribution >= 4 is 5.97 Å². The average Bonchev–Trinajstić information content (AvgIpc) is 3.84. The van der Waals surface area contributed by atoms with Crippen molar-refractivity contribution in [1.29, 1.82) is 0 Å². The number of tetrazole rings is 1. The van der Waals surface area contributed by atoms with E-state index in [1.165, 1.54) is 7.11 Å². The van der Waals surface area contributed by atoms with Crippen LogP contribution in [0.3, 0.4) is 0 Å². The molecular formula is C44H44N6O2. The summed E-state index contributed by atoms with van der Waals surface area (Å²) in [5.74, 6) is 0.269. The van der Waals surface area contributed by atoms with E-state index in [4.69, 9.17) is 20.1 Å². The molecule has 1 aliphatic heterocycles. The molecule has 1 aliphatic rings. The zero-order valence-corrected chi connectivity index (χ0v) is 29.9. The first-order valence-electron chi connectivity index (χ1n) is 18.1. The molecule has 0 fully saturated rings. The molecule has 262 valence electrons. The Kier molecular flexibility index (Phi) is 10.4. The molecule has 1 atom stereocenters. The van der Waals surface area contributed by atoms with Gasteiger partial charge < -0.3 is 10.2 Å². The highest BCUT2D eigenvalue weighted by Crippen LogP contribution is 2.40. The number of methoxy groups -OCH3 is 1. The minimum atomic E-state index is -0.860. The number of esters is 1. The first-order valence-corrected chi connectivity index (χ1v) is 18.1. The molecule has 0 bridgehead atoms. The fourth-order valence-electron chi connectivity index (χ4n) is 7.38. The van der Waals surface area contributed by atoms with Gasteiger partial charge in [0, 0.05) is 17.8 Å². The van der Waals surface area contributed by atoms with Gasteiger partial charge in [-0.3, -0.25) is 0 Å². The van der Waals surface area contributed by atoms with E-state index >= 15 is 0 Å². The molecule has 1 N–H and O–H groups in total. The van der Waals surface area contributed by atoms with Crippen LogP contribution in [-0.4, -0.2) is 50.9 Å². The number of rotatable bonds is 13. The van der Waals surface area contributed by atoms with Crippen LogP contribution in [0.1, 0.15) is 55.4 Å². The van der Waals surface area contributed by atoms with Crippen molar-refractivity contribution in [2.24, 2.45) is 0 Å². The number of hydrazine groups is 1. The van der Waals surface area contributed by atoms with Crippen molar-refractivity contribution in [3.05, 3.63) is 173 Å². The zero-order chi connectivity index (χ0) is 35.9. The van der Waals surface area contributed by atoms with Gasteiger partial charge in [-0.25, -0.2) is 9.80 Å². The molecule has 6 aromatic rings. The van der Waals surface area contributed by atoms with E-state index in [1.807, 2.05) is 66.7 Å². The normalized spacial score (nSPS) is 14.7. The van der Waals surface area contributed by atoms with E-state index in [1.54, 1.807) is 4.80 Å². The van der Waals surface area contributed by atoms with Gasteiger partial charge in [0.25, 0.3) is 0 Å². The lowest BCUT2D eigenvalue weighted by Gasteiger charge is -2.34. The van der Waals surface area contributed by atoms with Gasteiger partial charge >= 0.3 is 5.97 Å². The molecule has 1 unspecified atom stereocenters. The predicted molar refractivity (Wildman–Crippen MR) is 205 cm³/mol. The molecule has 0 saturated heterocycles. The number of carbonyl (C=O) groups is 1. The van der Waals surface area contributed by atoms with Gasteiger partial charge in [-0.2, -0.15) is 0 Å². The number of aromatic nitrogens is 4. The van der Waals surface area contributed by atoms with E-state index in [9.17, 15) is 4.79 Å². The topological polar surface area (TPSA) is 85.2 Å². The molecule has 0 radical (unpaired) electrons. The highest BCUT2D eigenvalue weighted by Gasteiger charge is 2.41. The number of nitrogens with zero attached hydrogens (tertiary/aromatic N) is 5. The summed E-state index contributed by atoms with van der Waals surface area (Å²) in [6.45, 7) is 5.10. The molecule has 7 rings (SSSR count). The van der Waals surface area contributed by atoms with Crippen molar-refractivity contribution in [3.8, 4) is 22.5 Å². The summed E-state index contributed by atoms with van der Waals surface area (Å²) < 4.78 is 5.23. The second kappa shape index (κ2) is 15.6. The largest absolute Gasteiger partial charge is 0.466 e. The summed E-state index contributed by atoms with van der Waals surface area (Å²) in [5.41, 5.74) is 11.5. The summed E-state index contributed by atoms with van der Waals surface area (Å²) in [5, 5.41) is 16.9. The quantitative estimate of drug-likeness (QED) is 0.0967. The molecule has 0 spiro atoms. The standard InChI is InChI=1S/C44H44N6O2/c1-4-6-30-49-40(41(43(51)52-3)39(5-2)46-49)31-32-26-28-33(29-27-32)37-24-16-17-25-38(37)42-45-48-50(47-42)44(34-18-10-7-11-19-34,35-20-12-8-13-21-35)36-22-14-9-15-23-36/h7-29,40,46H,4-6,30-31H2,1-3H3. The van der Waals surface area contributed by atoms with E-state index < -0.39 is 5.54 Å². The first kappa shape index (κ1) is 34.6. The maximum atomic E-state index is 13.0. The SMILES string of the molecule is CCCCN1NC(CC)=C(C(=O)OC)C1Cc1ccc(-c2ccccc2-c2nnn(C(c3ccccc3)(c3ccccc3)c3ccccc3)n2)cc1. The number of ether oxygens (including phenoxy) is 1. The van der Waals surface area contributed by atoms with Crippen molar-refractivity contribution < 1.29 is 9.53 Å². The molecule has 0 amide bonds. The third-order valence-corrected chi connectivity index (χ3v) is 9.97. The Bertz CT molecular complexity index is 2030. The lowest BCUT2D eigenvalue weighted by Crippen LogP contribution is -2.42. The van der Waals surface area contributed by atoms with Gasteiger partial charge in [0.05, 0.1) is 18.7 Å². The van der Waals surface area contributed by atoms with Crippen LogP contribution < -0.4 is 5.43 Å². The van der Waals surface area contributed by atoms with Gasteiger partial charge in [0.15, 0.2) is 5.54 Å². The maximum absolute atomic E-state index is 13.0. The van der Waals surface area contributed by atoms with Gasteiger partial charge in [0.1, 0.15) is 0 Å². The Morgan fingerprint density at radius 1 is 0.750 bits per heavy atom. The maximum Gasteiger partial charge on any atom is 0.337 e. The number of benzene rings is 5. The summed E-state index contributed by atoms with van der Waals surface area (Å²) in [6, 6.07) is 47.8. The molecular weight excluding hydrogens is 645 g/mol. The molecule has 52 heavy (non-hydrogen) atoms. The Labute approximate surface area is 305 Å². The molecule has 5 aromatic carbocycles. The number of carbonyl (C=O) groups excluding carboxylic acids is 1. The molecule has 2 heterocycles. The first-order chi connectivity index (χ1) is 25.6. The van der Waals surface area contributed by atoms with Crippen LogP contribution in [-0.2, 0) is 21.5 Å². The number of hydrogen-bond acceptors (Lipinski definition) is 7. The fraction of sp³-hybridized carbons (Fsp3) is 0.227. The lowest BCUT2D eigenvalue weighted by molar-refractivity contribution is -0.136. The summed E-state index contributed by atoms with van der Waals surface area (Å²) in [6.07, 6.45) is 3.53. The van der Waals surface area contributed by atoms with Crippen molar-refractivity contribution in [2.75, 3.05) is 13.7 Å².